The van der Waals surface area contributed by atoms with E-state index in [0.717, 1.165) is 16.5 Å². The van der Waals surface area contributed by atoms with Crippen LogP contribution in [0.2, 0.25) is 0 Å². The van der Waals surface area contributed by atoms with Crippen LogP contribution in [-0.2, 0) is 0 Å². The number of pyridine rings is 1. The van der Waals surface area contributed by atoms with E-state index in [0.29, 0.717) is 16.7 Å². The monoisotopic (exact) mass is 289 g/mol. The van der Waals surface area contributed by atoms with Gasteiger partial charge < -0.3 is 0 Å². The van der Waals surface area contributed by atoms with E-state index in [1.165, 1.54) is 18.2 Å². The third-order valence-corrected chi connectivity index (χ3v) is 4.18. The molecule has 1 heterocycles. The van der Waals surface area contributed by atoms with E-state index < -0.39 is 5.92 Å². The van der Waals surface area contributed by atoms with Gasteiger partial charge in [-0.3, -0.25) is 9.78 Å². The Balaban J connectivity index is 1.94. The second-order valence-electron chi connectivity index (χ2n) is 5.43. The van der Waals surface area contributed by atoms with Crippen molar-refractivity contribution in [3.05, 3.63) is 83.8 Å². The second kappa shape index (κ2) is 4.60. The quantitative estimate of drug-likeness (QED) is 0.666. The Labute approximate surface area is 126 Å². The maximum Gasteiger partial charge on any atom is 0.175 e. The molecule has 1 aromatic heterocycles. The number of rotatable bonds is 1. The van der Waals surface area contributed by atoms with Gasteiger partial charge in [0.25, 0.3) is 0 Å². The maximum absolute atomic E-state index is 13.5. The van der Waals surface area contributed by atoms with Crippen molar-refractivity contribution in [3.63, 3.8) is 0 Å². The van der Waals surface area contributed by atoms with Crippen LogP contribution in [0.3, 0.4) is 0 Å². The van der Waals surface area contributed by atoms with Crippen LogP contribution in [0.25, 0.3) is 16.5 Å². The third kappa shape index (κ3) is 1.72. The van der Waals surface area contributed by atoms with Gasteiger partial charge in [0, 0.05) is 17.1 Å². The molecule has 1 aliphatic rings. The minimum absolute atomic E-state index is 0.0434. The average molecular weight is 289 g/mol. The van der Waals surface area contributed by atoms with Crippen molar-refractivity contribution < 1.29 is 9.18 Å². The van der Waals surface area contributed by atoms with Crippen molar-refractivity contribution in [2.75, 3.05) is 0 Å². The molecule has 3 heteroatoms. The van der Waals surface area contributed by atoms with Crippen LogP contribution in [0.5, 0.6) is 0 Å². The Morgan fingerprint density at radius 3 is 2.73 bits per heavy atom. The number of fused-ring (bicyclic) bond motifs is 2. The summed E-state index contributed by atoms with van der Waals surface area (Å²) in [4.78, 5) is 17.2. The van der Waals surface area contributed by atoms with Gasteiger partial charge in [-0.2, -0.15) is 0 Å². The summed E-state index contributed by atoms with van der Waals surface area (Å²) in [6.07, 6.45) is 1.71. The molecule has 4 rings (SSSR count). The Hall–Kier alpha value is -2.81. The van der Waals surface area contributed by atoms with Gasteiger partial charge in [0.05, 0.1) is 11.4 Å². The molecule has 0 aliphatic heterocycles. The van der Waals surface area contributed by atoms with E-state index in [-0.39, 0.29) is 11.6 Å². The number of ketones is 1. The molecule has 2 aromatic carbocycles. The zero-order valence-electron chi connectivity index (χ0n) is 11.7. The number of allylic oxidation sites excluding steroid dienone is 1. The zero-order chi connectivity index (χ0) is 15.3. The number of aromatic nitrogens is 1. The first-order valence-corrected chi connectivity index (χ1v) is 7.03. The largest absolute Gasteiger partial charge is 0.293 e. The summed E-state index contributed by atoms with van der Waals surface area (Å²) in [6.45, 7) is 4.04. The number of hydrogen-bond acceptors (Lipinski definition) is 2. The third-order valence-electron chi connectivity index (χ3n) is 4.18. The molecule has 1 unspecified atom stereocenters. The van der Waals surface area contributed by atoms with Crippen LogP contribution in [0.15, 0.2) is 61.3 Å². The topological polar surface area (TPSA) is 30.0 Å². The van der Waals surface area contributed by atoms with Gasteiger partial charge >= 0.3 is 0 Å². The molecule has 0 fully saturated rings. The van der Waals surface area contributed by atoms with Crippen LogP contribution in [-0.4, -0.2) is 10.8 Å². The molecule has 0 saturated heterocycles. The molecule has 0 N–H and O–H groups in total. The van der Waals surface area contributed by atoms with E-state index in [9.17, 15) is 9.18 Å². The summed E-state index contributed by atoms with van der Waals surface area (Å²) in [7, 11) is 0. The molecule has 0 saturated carbocycles. The minimum atomic E-state index is -0.490. The number of para-hydroxylation sites is 1. The number of carbonyl (C=O) groups excluding carboxylic acids is 1. The number of nitrogens with zero attached hydrogens (tertiary/aromatic N) is 1. The van der Waals surface area contributed by atoms with Crippen LogP contribution in [0.4, 0.5) is 4.39 Å². The van der Waals surface area contributed by atoms with Crippen LogP contribution in [0.1, 0.15) is 27.4 Å². The highest BCUT2D eigenvalue weighted by Crippen LogP contribution is 2.43. The Bertz CT molecular complexity index is 940. The first-order chi connectivity index (χ1) is 10.7. The summed E-state index contributed by atoms with van der Waals surface area (Å²) in [6, 6.07) is 13.8. The van der Waals surface area contributed by atoms with Gasteiger partial charge in [-0.1, -0.05) is 30.8 Å². The van der Waals surface area contributed by atoms with Crippen molar-refractivity contribution in [2.45, 2.75) is 5.92 Å². The number of halogens is 1. The lowest BCUT2D eigenvalue weighted by Crippen LogP contribution is -2.07. The van der Waals surface area contributed by atoms with E-state index in [2.05, 4.69) is 11.6 Å². The zero-order valence-corrected chi connectivity index (χ0v) is 11.7. The number of Topliss-reactive ketones (excluding diaryl/α,β-unsaturated/α-hetero) is 1. The number of benzene rings is 2. The number of hydrogen-bond donors (Lipinski definition) is 0. The van der Waals surface area contributed by atoms with Crippen LogP contribution >= 0.6 is 0 Å². The smallest absolute Gasteiger partial charge is 0.175 e. The predicted octanol–water partition coefficient (Wildman–Crippen LogP) is 4.37. The molecule has 2 nitrogen and oxygen atoms in total. The molecule has 0 radical (unpaired) electrons. The normalized spacial score (nSPS) is 17.0. The molecular formula is C19H12FNO. The van der Waals surface area contributed by atoms with Gasteiger partial charge in [0.15, 0.2) is 5.78 Å². The molecule has 1 aliphatic carbocycles. The van der Waals surface area contributed by atoms with Crippen molar-refractivity contribution in [3.8, 4) is 0 Å². The highest BCUT2D eigenvalue weighted by molar-refractivity contribution is 6.18. The Kier molecular flexibility index (Phi) is 2.70. The lowest BCUT2D eigenvalue weighted by Gasteiger charge is -2.13. The molecule has 0 spiro atoms. The average Bonchev–Trinajstić information content (AvgIpc) is 2.78. The van der Waals surface area contributed by atoms with Crippen LogP contribution in [0, 0.1) is 5.82 Å². The minimum Gasteiger partial charge on any atom is -0.293 e. The molecule has 1 atom stereocenters. The summed E-state index contributed by atoms with van der Waals surface area (Å²) < 4.78 is 13.5. The fourth-order valence-corrected chi connectivity index (χ4v) is 3.16. The molecule has 22 heavy (non-hydrogen) atoms. The van der Waals surface area contributed by atoms with Crippen LogP contribution < -0.4 is 0 Å². The number of carbonyl (C=O) groups is 1. The SMILES string of the molecule is C=C1c2cc(F)ccc2C(=O)C1c1cccc2cccnc12. The second-order valence-corrected chi connectivity index (χ2v) is 5.43. The lowest BCUT2D eigenvalue weighted by molar-refractivity contribution is 0.0987. The summed E-state index contributed by atoms with van der Waals surface area (Å²) in [5, 5.41) is 0.975. The molecule has 3 aromatic rings. The molecular weight excluding hydrogens is 277 g/mol. The fraction of sp³-hybridized carbons (Fsp3) is 0.0526. The summed E-state index contributed by atoms with van der Waals surface area (Å²) in [5.74, 6) is -0.891. The van der Waals surface area contributed by atoms with Crippen molar-refractivity contribution in [1.82, 2.24) is 4.98 Å². The first kappa shape index (κ1) is 12.9. The fourth-order valence-electron chi connectivity index (χ4n) is 3.16. The highest BCUT2D eigenvalue weighted by Gasteiger charge is 2.36. The summed E-state index contributed by atoms with van der Waals surface area (Å²) >= 11 is 0. The molecule has 106 valence electrons. The van der Waals surface area contributed by atoms with Gasteiger partial charge in [0.1, 0.15) is 5.82 Å². The maximum atomic E-state index is 13.5. The standard InChI is InChI=1S/C19H12FNO/c1-11-16-10-13(20)7-8-14(16)19(22)17(11)15-6-2-4-12-5-3-9-21-18(12)15/h2-10,17H,1H2. The van der Waals surface area contributed by atoms with E-state index >= 15 is 0 Å². The molecule has 0 bridgehead atoms. The highest BCUT2D eigenvalue weighted by atomic mass is 19.1. The van der Waals surface area contributed by atoms with Gasteiger partial charge in [-0.05, 0) is 41.0 Å². The van der Waals surface area contributed by atoms with E-state index in [1.54, 1.807) is 6.20 Å². The summed E-state index contributed by atoms with van der Waals surface area (Å²) in [5.41, 5.74) is 3.38. The Morgan fingerprint density at radius 1 is 1.05 bits per heavy atom. The van der Waals surface area contributed by atoms with Crippen molar-refractivity contribution in [1.29, 1.82) is 0 Å². The Morgan fingerprint density at radius 2 is 1.86 bits per heavy atom. The van der Waals surface area contributed by atoms with E-state index in [4.69, 9.17) is 0 Å². The first-order valence-electron chi connectivity index (χ1n) is 7.03. The van der Waals surface area contributed by atoms with Gasteiger partial charge in [-0.25, -0.2) is 4.39 Å². The lowest BCUT2D eigenvalue weighted by atomic mass is 9.90. The molecule has 0 amide bonds. The van der Waals surface area contributed by atoms with Crippen molar-refractivity contribution in [2.24, 2.45) is 0 Å². The predicted molar refractivity (Wildman–Crippen MR) is 84.2 cm³/mol. The van der Waals surface area contributed by atoms with Crippen molar-refractivity contribution >= 4 is 22.3 Å². The van der Waals surface area contributed by atoms with Gasteiger partial charge in [-0.15, -0.1) is 0 Å². The van der Waals surface area contributed by atoms with E-state index in [1.807, 2.05) is 30.3 Å². The van der Waals surface area contributed by atoms with Gasteiger partial charge in [0.2, 0.25) is 0 Å².